The normalized spacial score (nSPS) is 23.8. The molecule has 1 aromatic heterocycles. The standard InChI is InChI=1S/C18H26N4O3/c23-17(21-14-4-2-1-3-5-14)15-12-20-16(13-19-15)22-8-6-18(7-9-22)24-10-11-25-18/h12-14H,1-11H2,(H,21,23). The molecule has 2 saturated heterocycles. The number of carbonyl (C=O) groups is 1. The van der Waals surface area contributed by atoms with Gasteiger partial charge in [-0.05, 0) is 12.8 Å². The first-order valence-corrected chi connectivity index (χ1v) is 9.40. The zero-order valence-corrected chi connectivity index (χ0v) is 14.6. The molecule has 0 radical (unpaired) electrons. The third-order valence-corrected chi connectivity index (χ3v) is 5.47. The highest BCUT2D eigenvalue weighted by molar-refractivity contribution is 5.92. The summed E-state index contributed by atoms with van der Waals surface area (Å²) < 4.78 is 11.5. The SMILES string of the molecule is O=C(NC1CCCCC1)c1cnc(N2CCC3(CC2)OCCO3)cn1. The van der Waals surface area contributed by atoms with Crippen molar-refractivity contribution in [3.63, 3.8) is 0 Å². The molecule has 0 bridgehead atoms. The number of hydrogen-bond acceptors (Lipinski definition) is 6. The lowest BCUT2D eigenvalue weighted by Crippen LogP contribution is -2.45. The van der Waals surface area contributed by atoms with E-state index in [9.17, 15) is 4.79 Å². The molecule has 1 spiro atoms. The van der Waals surface area contributed by atoms with Crippen LogP contribution in [0.2, 0.25) is 0 Å². The van der Waals surface area contributed by atoms with Gasteiger partial charge in [0.15, 0.2) is 5.79 Å². The second kappa shape index (κ2) is 7.25. The van der Waals surface area contributed by atoms with Crippen molar-refractivity contribution in [1.82, 2.24) is 15.3 Å². The number of piperidine rings is 1. The molecule has 25 heavy (non-hydrogen) atoms. The van der Waals surface area contributed by atoms with Crippen molar-refractivity contribution in [2.45, 2.75) is 56.8 Å². The van der Waals surface area contributed by atoms with Crippen molar-refractivity contribution in [1.29, 1.82) is 0 Å². The highest BCUT2D eigenvalue weighted by Crippen LogP contribution is 2.32. The molecular formula is C18H26N4O3. The predicted molar refractivity (Wildman–Crippen MR) is 92.5 cm³/mol. The highest BCUT2D eigenvalue weighted by Gasteiger charge is 2.40. The Labute approximate surface area is 148 Å². The van der Waals surface area contributed by atoms with Crippen molar-refractivity contribution in [2.24, 2.45) is 0 Å². The average Bonchev–Trinajstić information content (AvgIpc) is 3.11. The quantitative estimate of drug-likeness (QED) is 0.901. The number of amides is 1. The van der Waals surface area contributed by atoms with Gasteiger partial charge >= 0.3 is 0 Å². The Morgan fingerprint density at radius 1 is 1.08 bits per heavy atom. The van der Waals surface area contributed by atoms with Gasteiger partial charge in [-0.2, -0.15) is 0 Å². The number of hydrogen-bond donors (Lipinski definition) is 1. The average molecular weight is 346 g/mol. The van der Waals surface area contributed by atoms with E-state index in [4.69, 9.17) is 9.47 Å². The Morgan fingerprint density at radius 3 is 2.44 bits per heavy atom. The number of anilines is 1. The summed E-state index contributed by atoms with van der Waals surface area (Å²) in [4.78, 5) is 23.3. The van der Waals surface area contributed by atoms with E-state index in [0.29, 0.717) is 18.9 Å². The first-order valence-electron chi connectivity index (χ1n) is 9.40. The minimum atomic E-state index is -0.385. The van der Waals surface area contributed by atoms with Crippen LogP contribution in [-0.2, 0) is 9.47 Å². The van der Waals surface area contributed by atoms with E-state index in [1.807, 2.05) is 0 Å². The molecule has 1 saturated carbocycles. The Morgan fingerprint density at radius 2 is 1.80 bits per heavy atom. The fraction of sp³-hybridized carbons (Fsp3) is 0.722. The molecule has 3 aliphatic rings. The summed E-state index contributed by atoms with van der Waals surface area (Å²) in [7, 11) is 0. The number of rotatable bonds is 3. The molecule has 136 valence electrons. The summed E-state index contributed by atoms with van der Waals surface area (Å²) in [5.41, 5.74) is 0.394. The first kappa shape index (κ1) is 16.7. The Kier molecular flexibility index (Phi) is 4.85. The molecular weight excluding hydrogens is 320 g/mol. The van der Waals surface area contributed by atoms with Crippen LogP contribution in [0.1, 0.15) is 55.4 Å². The molecule has 1 amide bonds. The van der Waals surface area contributed by atoms with E-state index >= 15 is 0 Å². The number of nitrogens with one attached hydrogen (secondary N) is 1. The van der Waals surface area contributed by atoms with Gasteiger partial charge < -0.3 is 19.7 Å². The maximum Gasteiger partial charge on any atom is 0.271 e. The van der Waals surface area contributed by atoms with Crippen LogP contribution in [0, 0.1) is 0 Å². The van der Waals surface area contributed by atoms with E-state index in [0.717, 1.165) is 44.6 Å². The van der Waals surface area contributed by atoms with Crippen molar-refractivity contribution < 1.29 is 14.3 Å². The van der Waals surface area contributed by atoms with Crippen LogP contribution < -0.4 is 10.2 Å². The summed E-state index contributed by atoms with van der Waals surface area (Å²) >= 11 is 0. The Bertz CT molecular complexity index is 585. The fourth-order valence-corrected chi connectivity index (χ4v) is 3.97. The van der Waals surface area contributed by atoms with E-state index in [-0.39, 0.29) is 17.7 Å². The van der Waals surface area contributed by atoms with Gasteiger partial charge in [0.05, 0.1) is 25.6 Å². The highest BCUT2D eigenvalue weighted by atomic mass is 16.7. The smallest absolute Gasteiger partial charge is 0.271 e. The van der Waals surface area contributed by atoms with Crippen LogP contribution in [0.4, 0.5) is 5.82 Å². The number of nitrogens with zero attached hydrogens (tertiary/aromatic N) is 3. The molecule has 4 rings (SSSR count). The summed E-state index contributed by atoms with van der Waals surface area (Å²) in [5.74, 6) is 0.308. The van der Waals surface area contributed by atoms with E-state index in [2.05, 4.69) is 20.2 Å². The molecule has 0 aromatic carbocycles. The lowest BCUT2D eigenvalue weighted by atomic mass is 9.95. The third-order valence-electron chi connectivity index (χ3n) is 5.47. The lowest BCUT2D eigenvalue weighted by Gasteiger charge is -2.37. The van der Waals surface area contributed by atoms with Gasteiger partial charge in [-0.15, -0.1) is 0 Å². The van der Waals surface area contributed by atoms with Gasteiger partial charge in [0.2, 0.25) is 0 Å². The molecule has 2 aliphatic heterocycles. The van der Waals surface area contributed by atoms with Crippen LogP contribution in [0.15, 0.2) is 12.4 Å². The first-order chi connectivity index (χ1) is 12.2. The van der Waals surface area contributed by atoms with Crippen LogP contribution in [0.25, 0.3) is 0 Å². The van der Waals surface area contributed by atoms with Gasteiger partial charge in [-0.1, -0.05) is 19.3 Å². The van der Waals surface area contributed by atoms with Crippen molar-refractivity contribution >= 4 is 11.7 Å². The van der Waals surface area contributed by atoms with Gasteiger partial charge in [-0.3, -0.25) is 4.79 Å². The molecule has 7 nitrogen and oxygen atoms in total. The minimum Gasteiger partial charge on any atom is -0.355 e. The second-order valence-electron chi connectivity index (χ2n) is 7.16. The van der Waals surface area contributed by atoms with Crippen molar-refractivity contribution in [3.05, 3.63) is 18.1 Å². The van der Waals surface area contributed by atoms with Gasteiger partial charge in [0, 0.05) is 32.0 Å². The number of carbonyl (C=O) groups excluding carboxylic acids is 1. The Balaban J connectivity index is 1.33. The van der Waals surface area contributed by atoms with Gasteiger partial charge in [0.25, 0.3) is 5.91 Å². The van der Waals surface area contributed by atoms with E-state index in [1.54, 1.807) is 12.4 Å². The fourth-order valence-electron chi connectivity index (χ4n) is 3.97. The molecule has 1 aliphatic carbocycles. The van der Waals surface area contributed by atoms with Crippen LogP contribution in [0.5, 0.6) is 0 Å². The maximum atomic E-state index is 12.3. The minimum absolute atomic E-state index is 0.115. The number of ether oxygens (including phenoxy) is 2. The van der Waals surface area contributed by atoms with E-state index in [1.165, 1.54) is 19.3 Å². The summed E-state index contributed by atoms with van der Waals surface area (Å²) in [5, 5.41) is 3.08. The molecule has 0 atom stereocenters. The monoisotopic (exact) mass is 346 g/mol. The maximum absolute atomic E-state index is 12.3. The van der Waals surface area contributed by atoms with Crippen molar-refractivity contribution in [2.75, 3.05) is 31.2 Å². The molecule has 1 aromatic rings. The summed E-state index contributed by atoms with van der Waals surface area (Å²) in [6.45, 7) is 3.01. The topological polar surface area (TPSA) is 76.6 Å². The largest absolute Gasteiger partial charge is 0.355 e. The third kappa shape index (κ3) is 3.77. The lowest BCUT2D eigenvalue weighted by molar-refractivity contribution is -0.169. The second-order valence-corrected chi connectivity index (χ2v) is 7.16. The molecule has 1 N–H and O–H groups in total. The molecule has 0 unspecified atom stereocenters. The summed E-state index contributed by atoms with van der Waals surface area (Å²) in [6.07, 6.45) is 10.7. The predicted octanol–water partition coefficient (Wildman–Crippen LogP) is 1.88. The van der Waals surface area contributed by atoms with Gasteiger partial charge in [-0.25, -0.2) is 9.97 Å². The van der Waals surface area contributed by atoms with Crippen LogP contribution >= 0.6 is 0 Å². The molecule has 3 fully saturated rings. The van der Waals surface area contributed by atoms with Crippen LogP contribution in [0.3, 0.4) is 0 Å². The molecule has 7 heteroatoms. The van der Waals surface area contributed by atoms with Crippen LogP contribution in [-0.4, -0.2) is 54.0 Å². The molecule has 3 heterocycles. The van der Waals surface area contributed by atoms with Crippen molar-refractivity contribution in [3.8, 4) is 0 Å². The zero-order chi connectivity index (χ0) is 17.1. The zero-order valence-electron chi connectivity index (χ0n) is 14.6. The Hall–Kier alpha value is -1.73. The van der Waals surface area contributed by atoms with E-state index < -0.39 is 0 Å². The number of aromatic nitrogens is 2. The van der Waals surface area contributed by atoms with Gasteiger partial charge in [0.1, 0.15) is 11.5 Å². The summed E-state index contributed by atoms with van der Waals surface area (Å²) in [6, 6.07) is 0.285.